The number of thiophene rings is 1. The van der Waals surface area contributed by atoms with Gasteiger partial charge in [0.2, 0.25) is 0 Å². The van der Waals surface area contributed by atoms with Crippen LogP contribution in [0.1, 0.15) is 54.9 Å². The van der Waals surface area contributed by atoms with Crippen molar-refractivity contribution in [1.82, 2.24) is 0 Å². The van der Waals surface area contributed by atoms with E-state index in [1.807, 2.05) is 41.8 Å². The Morgan fingerprint density at radius 2 is 1.65 bits per heavy atom. The van der Waals surface area contributed by atoms with E-state index in [9.17, 15) is 15.3 Å². The Hall–Kier alpha value is -2.89. The molecule has 6 aliphatic rings. The van der Waals surface area contributed by atoms with Crippen LogP contribution in [0.15, 0.2) is 47.9 Å². The number of rotatable bonds is 3. The molecule has 0 spiro atoms. The third-order valence-corrected chi connectivity index (χ3v) is 10.5. The van der Waals surface area contributed by atoms with Crippen LogP contribution in [0.25, 0.3) is 6.08 Å². The highest BCUT2D eigenvalue weighted by molar-refractivity contribution is 7.10. The summed E-state index contributed by atoms with van der Waals surface area (Å²) in [5.74, 6) is 1.84. The number of hydrogen-bond acceptors (Lipinski definition) is 5. The van der Waals surface area contributed by atoms with Crippen LogP contribution in [0.2, 0.25) is 0 Å². The Balaban J connectivity index is 1.44. The SMILES string of the molecule is N#CC1(C#N)C(c2cccs2)C(C(=O)C23CC4CC(CC(C4)C2)C3)N2c3ccccc3C=CC21. The number of para-hydroxylation sites is 1. The molecule has 2 aliphatic heterocycles. The highest BCUT2D eigenvalue weighted by atomic mass is 32.1. The van der Waals surface area contributed by atoms with Gasteiger partial charge in [-0.05, 0) is 79.4 Å². The molecule has 4 nitrogen and oxygen atoms in total. The normalized spacial score (nSPS) is 38.1. The van der Waals surface area contributed by atoms with E-state index >= 15 is 0 Å². The van der Waals surface area contributed by atoms with Crippen molar-refractivity contribution in [2.75, 3.05) is 4.90 Å². The van der Waals surface area contributed by atoms with E-state index < -0.39 is 23.4 Å². The summed E-state index contributed by atoms with van der Waals surface area (Å²) < 4.78 is 0. The molecular weight excluding hydrogens is 438 g/mol. The van der Waals surface area contributed by atoms with Crippen molar-refractivity contribution < 1.29 is 4.79 Å². The maximum atomic E-state index is 14.9. The number of hydrogen-bond donors (Lipinski definition) is 0. The van der Waals surface area contributed by atoms with Gasteiger partial charge >= 0.3 is 0 Å². The quantitative estimate of drug-likeness (QED) is 0.563. The first-order valence-electron chi connectivity index (χ1n) is 12.5. The summed E-state index contributed by atoms with van der Waals surface area (Å²) in [5.41, 5.74) is 0.430. The minimum atomic E-state index is -1.31. The van der Waals surface area contributed by atoms with E-state index in [4.69, 9.17) is 0 Å². The van der Waals surface area contributed by atoms with E-state index in [2.05, 4.69) is 29.2 Å². The van der Waals surface area contributed by atoms with E-state index in [0.29, 0.717) is 23.5 Å². The zero-order valence-electron chi connectivity index (χ0n) is 19.1. The lowest BCUT2D eigenvalue weighted by Crippen LogP contribution is -2.56. The summed E-state index contributed by atoms with van der Waals surface area (Å²) in [7, 11) is 0. The van der Waals surface area contributed by atoms with Gasteiger partial charge < -0.3 is 4.90 Å². The van der Waals surface area contributed by atoms with Crippen LogP contribution >= 0.6 is 11.3 Å². The molecule has 4 bridgehead atoms. The first-order chi connectivity index (χ1) is 16.6. The van der Waals surface area contributed by atoms with E-state index in [-0.39, 0.29) is 5.41 Å². The second-order valence-electron chi connectivity index (χ2n) is 11.4. The molecule has 1 saturated heterocycles. The Kier molecular flexibility index (Phi) is 4.25. The molecule has 4 saturated carbocycles. The zero-order chi connectivity index (χ0) is 23.1. The average Bonchev–Trinajstić information content (AvgIpc) is 3.47. The second kappa shape index (κ2) is 7.06. The third kappa shape index (κ3) is 2.54. The minimum absolute atomic E-state index is 0.295. The Bertz CT molecular complexity index is 1230. The van der Waals surface area contributed by atoms with Crippen molar-refractivity contribution in [3.63, 3.8) is 0 Å². The highest BCUT2D eigenvalue weighted by Gasteiger charge is 2.67. The molecule has 34 heavy (non-hydrogen) atoms. The summed E-state index contributed by atoms with van der Waals surface area (Å²) in [4.78, 5) is 18.1. The van der Waals surface area contributed by atoms with Crippen LogP contribution in [0.4, 0.5) is 5.69 Å². The van der Waals surface area contributed by atoms with Crippen molar-refractivity contribution in [3.05, 3.63) is 58.3 Å². The molecule has 0 amide bonds. The van der Waals surface area contributed by atoms with Crippen LogP contribution < -0.4 is 4.90 Å². The fraction of sp³-hybridized carbons (Fsp3) is 0.483. The second-order valence-corrected chi connectivity index (χ2v) is 12.3. The Morgan fingerprint density at radius 1 is 0.971 bits per heavy atom. The lowest BCUT2D eigenvalue weighted by atomic mass is 9.47. The van der Waals surface area contributed by atoms with Crippen LogP contribution in [-0.4, -0.2) is 17.9 Å². The van der Waals surface area contributed by atoms with Gasteiger partial charge in [-0.25, -0.2) is 0 Å². The molecule has 5 fully saturated rings. The van der Waals surface area contributed by atoms with Crippen LogP contribution in [0.3, 0.4) is 0 Å². The Labute approximate surface area is 204 Å². The van der Waals surface area contributed by atoms with Gasteiger partial charge in [0.1, 0.15) is 0 Å². The zero-order valence-corrected chi connectivity index (χ0v) is 19.9. The van der Waals surface area contributed by atoms with Gasteiger partial charge in [-0.1, -0.05) is 36.4 Å². The molecule has 5 heteroatoms. The molecule has 3 atom stereocenters. The number of ketones is 1. The van der Waals surface area contributed by atoms with Gasteiger partial charge in [0.25, 0.3) is 0 Å². The predicted octanol–water partition coefficient (Wildman–Crippen LogP) is 5.93. The molecule has 1 aromatic carbocycles. The maximum absolute atomic E-state index is 14.9. The first-order valence-corrected chi connectivity index (χ1v) is 13.4. The number of carbonyl (C=O) groups excluding carboxylic acids is 1. The number of nitriles is 2. The highest BCUT2D eigenvalue weighted by Crippen LogP contribution is 2.64. The van der Waals surface area contributed by atoms with Crippen LogP contribution in [0.5, 0.6) is 0 Å². The predicted molar refractivity (Wildman–Crippen MR) is 132 cm³/mol. The van der Waals surface area contributed by atoms with Crippen molar-refractivity contribution in [2.24, 2.45) is 28.6 Å². The smallest absolute Gasteiger partial charge is 0.177 e. The van der Waals surface area contributed by atoms with Crippen molar-refractivity contribution in [2.45, 2.75) is 56.5 Å². The van der Waals surface area contributed by atoms with Crippen LogP contribution in [-0.2, 0) is 4.79 Å². The molecule has 8 rings (SSSR count). The molecule has 3 unspecified atom stereocenters. The monoisotopic (exact) mass is 465 g/mol. The number of Topliss-reactive ketones (excluding diaryl/α,β-unsaturated/α-hetero) is 1. The van der Waals surface area contributed by atoms with Gasteiger partial charge in [-0.2, -0.15) is 10.5 Å². The lowest BCUT2D eigenvalue weighted by molar-refractivity contribution is -0.145. The summed E-state index contributed by atoms with van der Waals surface area (Å²) >= 11 is 1.57. The van der Waals surface area contributed by atoms with Gasteiger partial charge in [-0.15, -0.1) is 11.3 Å². The van der Waals surface area contributed by atoms with Crippen molar-refractivity contribution in [3.8, 4) is 12.1 Å². The first kappa shape index (κ1) is 20.5. The summed E-state index contributed by atoms with van der Waals surface area (Å²) in [6.07, 6.45) is 10.9. The van der Waals surface area contributed by atoms with Gasteiger partial charge in [-0.3, -0.25) is 4.79 Å². The fourth-order valence-corrected chi connectivity index (χ4v) is 9.67. The fourth-order valence-electron chi connectivity index (χ4n) is 8.74. The minimum Gasteiger partial charge on any atom is -0.351 e. The average molecular weight is 466 g/mol. The van der Waals surface area contributed by atoms with Crippen molar-refractivity contribution in [1.29, 1.82) is 10.5 Å². The molecule has 0 N–H and O–H groups in total. The summed E-state index contributed by atoms with van der Waals surface area (Å²) in [6.45, 7) is 0. The van der Waals surface area contributed by atoms with Gasteiger partial charge in [0, 0.05) is 16.0 Å². The largest absolute Gasteiger partial charge is 0.351 e. The lowest BCUT2D eigenvalue weighted by Gasteiger charge is -2.57. The molecule has 2 aromatic rings. The maximum Gasteiger partial charge on any atom is 0.177 e. The topological polar surface area (TPSA) is 67.9 Å². The molecular formula is C29H27N3OS. The van der Waals surface area contributed by atoms with Crippen LogP contribution in [0, 0.1) is 51.2 Å². The number of carbonyl (C=O) groups is 1. The molecule has 4 aliphatic carbocycles. The molecule has 170 valence electrons. The van der Waals surface area contributed by atoms with E-state index in [1.165, 1.54) is 19.3 Å². The van der Waals surface area contributed by atoms with E-state index in [1.54, 1.807) is 11.3 Å². The van der Waals surface area contributed by atoms with Gasteiger partial charge in [0.15, 0.2) is 11.2 Å². The standard InChI is InChI=1S/C29H27N3OS/c30-16-29(17-31)24-8-7-21-4-1-2-5-22(21)32(24)26(25(29)23-6-3-9-34-23)27(33)28-13-18-10-19(14-28)12-20(11-18)15-28/h1-9,18-20,24-26H,10-15H2. The van der Waals surface area contributed by atoms with Crippen molar-refractivity contribution >= 4 is 28.9 Å². The molecule has 3 heterocycles. The third-order valence-electron chi connectivity index (χ3n) is 9.59. The number of benzene rings is 1. The molecule has 0 radical (unpaired) electrons. The summed E-state index contributed by atoms with van der Waals surface area (Å²) in [6, 6.07) is 16.1. The number of fused-ring (bicyclic) bond motifs is 3. The van der Waals surface area contributed by atoms with Gasteiger partial charge in [0.05, 0.1) is 30.1 Å². The number of nitrogens with zero attached hydrogens (tertiary/aromatic N) is 3. The van der Waals surface area contributed by atoms with E-state index in [0.717, 1.165) is 35.4 Å². The molecule has 1 aromatic heterocycles. The Morgan fingerprint density at radius 3 is 2.26 bits per heavy atom. The number of anilines is 1. The summed E-state index contributed by atoms with van der Waals surface area (Å²) in [5, 5.41) is 23.1.